The second-order valence-electron chi connectivity index (χ2n) is 6.52. The number of fused-ring (bicyclic) bond motifs is 1. The van der Waals surface area contributed by atoms with E-state index in [4.69, 9.17) is 4.74 Å². The monoisotopic (exact) mass is 297 g/mol. The van der Waals surface area contributed by atoms with Gasteiger partial charge in [0.05, 0.1) is 7.11 Å². The van der Waals surface area contributed by atoms with Crippen LogP contribution in [0.15, 0.2) is 36.4 Å². The van der Waals surface area contributed by atoms with E-state index >= 15 is 0 Å². The summed E-state index contributed by atoms with van der Waals surface area (Å²) in [6.07, 6.45) is 1.20. The van der Waals surface area contributed by atoms with Crippen LogP contribution in [-0.2, 0) is 0 Å². The summed E-state index contributed by atoms with van der Waals surface area (Å²) in [6.45, 7) is 6.15. The third-order valence-corrected chi connectivity index (χ3v) is 4.49. The number of amides is 1. The van der Waals surface area contributed by atoms with Gasteiger partial charge in [0.2, 0.25) is 0 Å². The van der Waals surface area contributed by atoms with Gasteiger partial charge in [0.15, 0.2) is 0 Å². The molecule has 1 heterocycles. The number of hydrogen-bond donors (Lipinski definition) is 0. The average molecular weight is 297 g/mol. The summed E-state index contributed by atoms with van der Waals surface area (Å²) in [4.78, 5) is 15.0. The summed E-state index contributed by atoms with van der Waals surface area (Å²) in [5, 5.41) is 1.96. The van der Waals surface area contributed by atoms with E-state index in [1.54, 1.807) is 7.11 Å². The lowest BCUT2D eigenvalue weighted by atomic mass is 9.91. The first-order valence-corrected chi connectivity index (χ1v) is 7.95. The highest BCUT2D eigenvalue weighted by Crippen LogP contribution is 2.30. The first-order chi connectivity index (χ1) is 10.6. The molecule has 0 N–H and O–H groups in total. The van der Waals surface area contributed by atoms with Gasteiger partial charge in [-0.2, -0.15) is 0 Å². The maximum atomic E-state index is 13.0. The van der Waals surface area contributed by atoms with Gasteiger partial charge in [-0.05, 0) is 35.8 Å². The maximum Gasteiger partial charge on any atom is 0.254 e. The number of rotatable bonds is 2. The fourth-order valence-corrected chi connectivity index (χ4v) is 3.64. The molecule has 0 aliphatic carbocycles. The van der Waals surface area contributed by atoms with E-state index in [0.717, 1.165) is 35.2 Å². The van der Waals surface area contributed by atoms with E-state index in [1.165, 1.54) is 6.42 Å². The molecule has 1 aliphatic rings. The van der Waals surface area contributed by atoms with Crippen molar-refractivity contribution in [2.75, 3.05) is 20.2 Å². The molecule has 1 saturated heterocycles. The molecule has 1 aliphatic heterocycles. The zero-order valence-corrected chi connectivity index (χ0v) is 13.5. The Morgan fingerprint density at radius 3 is 2.32 bits per heavy atom. The van der Waals surface area contributed by atoms with Gasteiger partial charge in [-0.15, -0.1) is 0 Å². The van der Waals surface area contributed by atoms with E-state index in [1.807, 2.05) is 41.3 Å². The van der Waals surface area contributed by atoms with Gasteiger partial charge in [0.1, 0.15) is 5.75 Å². The highest BCUT2D eigenvalue weighted by atomic mass is 16.5. The molecule has 0 aromatic heterocycles. The Hall–Kier alpha value is -2.03. The number of carbonyl (C=O) groups excluding carboxylic acids is 1. The van der Waals surface area contributed by atoms with Crippen LogP contribution < -0.4 is 4.74 Å². The van der Waals surface area contributed by atoms with Gasteiger partial charge < -0.3 is 9.64 Å². The molecule has 2 aromatic rings. The fraction of sp³-hybridized carbons (Fsp3) is 0.421. The van der Waals surface area contributed by atoms with Crippen molar-refractivity contribution in [2.45, 2.75) is 20.3 Å². The van der Waals surface area contributed by atoms with Crippen LogP contribution in [-0.4, -0.2) is 31.0 Å². The van der Waals surface area contributed by atoms with Crippen LogP contribution in [0.4, 0.5) is 0 Å². The summed E-state index contributed by atoms with van der Waals surface area (Å²) in [6, 6.07) is 11.7. The third-order valence-electron chi connectivity index (χ3n) is 4.49. The topological polar surface area (TPSA) is 29.5 Å². The Kier molecular flexibility index (Phi) is 4.06. The van der Waals surface area contributed by atoms with Crippen molar-refractivity contribution in [1.82, 2.24) is 4.90 Å². The lowest BCUT2D eigenvalue weighted by molar-refractivity contribution is 0.0625. The van der Waals surface area contributed by atoms with Gasteiger partial charge in [0, 0.05) is 24.0 Å². The molecule has 3 rings (SSSR count). The van der Waals surface area contributed by atoms with Crippen LogP contribution in [0.2, 0.25) is 0 Å². The quantitative estimate of drug-likeness (QED) is 0.839. The lowest BCUT2D eigenvalue weighted by Crippen LogP contribution is -2.42. The molecule has 0 saturated carbocycles. The zero-order chi connectivity index (χ0) is 15.7. The summed E-state index contributed by atoms with van der Waals surface area (Å²) >= 11 is 0. The minimum Gasteiger partial charge on any atom is -0.496 e. The molecular formula is C19H23NO2. The van der Waals surface area contributed by atoms with Crippen LogP contribution in [0.3, 0.4) is 0 Å². The van der Waals surface area contributed by atoms with Crippen LogP contribution in [0.25, 0.3) is 10.8 Å². The first-order valence-electron chi connectivity index (χ1n) is 7.95. The van der Waals surface area contributed by atoms with Crippen molar-refractivity contribution in [3.8, 4) is 5.75 Å². The molecule has 0 radical (unpaired) electrons. The molecule has 22 heavy (non-hydrogen) atoms. The fourth-order valence-electron chi connectivity index (χ4n) is 3.64. The second kappa shape index (κ2) is 5.99. The number of benzene rings is 2. The number of methoxy groups -OCH3 is 1. The predicted molar refractivity (Wildman–Crippen MR) is 89.3 cm³/mol. The molecule has 0 spiro atoms. The van der Waals surface area contributed by atoms with E-state index in [9.17, 15) is 4.79 Å². The molecule has 116 valence electrons. The van der Waals surface area contributed by atoms with Crippen molar-refractivity contribution in [3.63, 3.8) is 0 Å². The van der Waals surface area contributed by atoms with E-state index in [-0.39, 0.29) is 5.91 Å². The number of carbonyl (C=O) groups is 1. The maximum absolute atomic E-state index is 13.0. The summed E-state index contributed by atoms with van der Waals surface area (Å²) in [7, 11) is 1.66. The summed E-state index contributed by atoms with van der Waals surface area (Å²) in [5.41, 5.74) is 0.776. The number of likely N-dealkylation sites (tertiary alicyclic amines) is 1. The van der Waals surface area contributed by atoms with Gasteiger partial charge in [0.25, 0.3) is 5.91 Å². The molecule has 1 amide bonds. The Bertz CT molecular complexity index is 685. The molecule has 3 nitrogen and oxygen atoms in total. The molecule has 0 bridgehead atoms. The minimum absolute atomic E-state index is 0.136. The second-order valence-corrected chi connectivity index (χ2v) is 6.52. The molecule has 2 aromatic carbocycles. The van der Waals surface area contributed by atoms with Gasteiger partial charge >= 0.3 is 0 Å². The average Bonchev–Trinajstić information content (AvgIpc) is 2.52. The van der Waals surface area contributed by atoms with Gasteiger partial charge in [-0.3, -0.25) is 4.79 Å². The van der Waals surface area contributed by atoms with Crippen molar-refractivity contribution in [1.29, 1.82) is 0 Å². The van der Waals surface area contributed by atoms with Crippen molar-refractivity contribution in [3.05, 3.63) is 42.0 Å². The third kappa shape index (κ3) is 2.68. The van der Waals surface area contributed by atoms with E-state index in [2.05, 4.69) is 13.8 Å². The van der Waals surface area contributed by atoms with E-state index < -0.39 is 0 Å². The van der Waals surface area contributed by atoms with Crippen molar-refractivity contribution in [2.24, 2.45) is 11.8 Å². The summed E-state index contributed by atoms with van der Waals surface area (Å²) < 4.78 is 5.42. The zero-order valence-electron chi connectivity index (χ0n) is 13.5. The van der Waals surface area contributed by atoms with Crippen molar-refractivity contribution >= 4 is 16.7 Å². The largest absolute Gasteiger partial charge is 0.496 e. The van der Waals surface area contributed by atoms with Crippen LogP contribution >= 0.6 is 0 Å². The standard InChI is InChI=1S/C19H23NO2/c1-13-10-14(2)12-20(11-13)19(21)17-8-9-18(22-3)16-7-5-4-6-15(16)17/h4-9,13-14H,10-12H2,1-3H3. The van der Waals surface area contributed by atoms with Crippen LogP contribution in [0.1, 0.15) is 30.6 Å². The predicted octanol–water partition coefficient (Wildman–Crippen LogP) is 3.97. The minimum atomic E-state index is 0.136. The lowest BCUT2D eigenvalue weighted by Gasteiger charge is -2.35. The van der Waals surface area contributed by atoms with Gasteiger partial charge in [-0.1, -0.05) is 38.1 Å². The Morgan fingerprint density at radius 2 is 1.68 bits per heavy atom. The molecular weight excluding hydrogens is 274 g/mol. The molecule has 3 heteroatoms. The smallest absolute Gasteiger partial charge is 0.254 e. The molecule has 2 unspecified atom stereocenters. The summed E-state index contributed by atoms with van der Waals surface area (Å²) in [5.74, 6) is 2.08. The SMILES string of the molecule is COc1ccc(C(=O)N2CC(C)CC(C)C2)c2ccccc12. The molecule has 1 fully saturated rings. The normalized spacial score (nSPS) is 21.9. The number of ether oxygens (including phenoxy) is 1. The van der Waals surface area contributed by atoms with E-state index in [0.29, 0.717) is 11.8 Å². The Morgan fingerprint density at radius 1 is 1.05 bits per heavy atom. The molecule has 2 atom stereocenters. The Labute approximate surface area is 131 Å². The first kappa shape index (κ1) is 14.9. The highest BCUT2D eigenvalue weighted by molar-refractivity contribution is 6.08. The van der Waals surface area contributed by atoms with Crippen molar-refractivity contribution < 1.29 is 9.53 Å². The van der Waals surface area contributed by atoms with Crippen LogP contribution in [0, 0.1) is 11.8 Å². The van der Waals surface area contributed by atoms with Gasteiger partial charge in [-0.25, -0.2) is 0 Å². The Balaban J connectivity index is 2.01. The highest BCUT2D eigenvalue weighted by Gasteiger charge is 2.27. The van der Waals surface area contributed by atoms with Crippen LogP contribution in [0.5, 0.6) is 5.75 Å². The number of piperidine rings is 1. The number of nitrogens with zero attached hydrogens (tertiary/aromatic N) is 1. The number of hydrogen-bond acceptors (Lipinski definition) is 2.